The number of thiophene rings is 1. The van der Waals surface area contributed by atoms with Crippen LogP contribution in [-0.4, -0.2) is 60.7 Å². The number of amides is 2. The predicted molar refractivity (Wildman–Crippen MR) is 175 cm³/mol. The van der Waals surface area contributed by atoms with Crippen molar-refractivity contribution in [3.8, 4) is 0 Å². The zero-order valence-corrected chi connectivity index (χ0v) is 27.0. The van der Waals surface area contributed by atoms with Crippen molar-refractivity contribution in [2.45, 2.75) is 55.0 Å². The largest absolute Gasteiger partial charge is 0.480 e. The summed E-state index contributed by atoms with van der Waals surface area (Å²) in [6, 6.07) is 12.8. The number of carboxylic acids is 1. The minimum Gasteiger partial charge on any atom is -0.480 e. The van der Waals surface area contributed by atoms with Gasteiger partial charge in [0, 0.05) is 41.4 Å². The van der Waals surface area contributed by atoms with Crippen LogP contribution in [0.5, 0.6) is 0 Å². The maximum atomic E-state index is 13.4. The number of benzene rings is 2. The number of anilines is 1. The predicted octanol–water partition coefficient (Wildman–Crippen LogP) is 3.14. The number of Topliss-reactive ketones (excluding diaryl/α,β-unsaturated/α-hetero) is 1. The van der Waals surface area contributed by atoms with Gasteiger partial charge in [0.25, 0.3) is 5.91 Å². The van der Waals surface area contributed by atoms with Crippen LogP contribution in [0.3, 0.4) is 0 Å². The Morgan fingerprint density at radius 1 is 1.04 bits per heavy atom. The number of fused-ring (bicyclic) bond motifs is 1. The van der Waals surface area contributed by atoms with Gasteiger partial charge in [0.2, 0.25) is 15.7 Å². The van der Waals surface area contributed by atoms with Gasteiger partial charge >= 0.3 is 5.97 Å². The van der Waals surface area contributed by atoms with Crippen LogP contribution in [-0.2, 0) is 30.6 Å². The van der Waals surface area contributed by atoms with Crippen molar-refractivity contribution in [3.63, 3.8) is 0 Å². The van der Waals surface area contributed by atoms with Gasteiger partial charge in [0.15, 0.2) is 5.78 Å². The Labute approximate surface area is 270 Å². The molecule has 0 saturated carbocycles. The van der Waals surface area contributed by atoms with E-state index in [1.165, 1.54) is 17.5 Å². The number of carboxylic acid groups (broad SMARTS) is 1. The van der Waals surface area contributed by atoms with Crippen molar-refractivity contribution < 1.29 is 32.7 Å². The first kappa shape index (κ1) is 34.3. The van der Waals surface area contributed by atoms with E-state index in [1.807, 2.05) is 31.2 Å². The van der Waals surface area contributed by atoms with Gasteiger partial charge in [-0.1, -0.05) is 56.7 Å². The Bertz CT molecular complexity index is 1840. The number of ketones is 1. The summed E-state index contributed by atoms with van der Waals surface area (Å²) in [4.78, 5) is 54.3. The molecule has 4 aromatic rings. The van der Waals surface area contributed by atoms with Crippen LogP contribution in [0.2, 0.25) is 0 Å². The van der Waals surface area contributed by atoms with Crippen LogP contribution >= 0.6 is 11.3 Å². The molecule has 2 amide bonds. The number of carbonyl (C=O) groups is 4. The number of rotatable bonds is 15. The highest BCUT2D eigenvalue weighted by molar-refractivity contribution is 7.91. The van der Waals surface area contributed by atoms with Gasteiger partial charge in [-0.2, -0.15) is 0 Å². The molecule has 0 radical (unpaired) electrons. The molecular weight excluding hydrogens is 631 g/mol. The first-order valence-corrected chi connectivity index (χ1v) is 17.0. The molecule has 4 rings (SSSR count). The number of nitrogens with two attached hydrogens (primary N) is 2. The molecule has 2 aromatic carbocycles. The van der Waals surface area contributed by atoms with Gasteiger partial charge in [-0.3, -0.25) is 14.4 Å². The fourth-order valence-electron chi connectivity index (χ4n) is 5.07. The summed E-state index contributed by atoms with van der Waals surface area (Å²) < 4.78 is 26.0. The normalized spacial score (nSPS) is 14.2. The molecule has 0 aliphatic heterocycles. The Hall–Kier alpha value is -4.53. The van der Waals surface area contributed by atoms with Crippen molar-refractivity contribution in [2.75, 3.05) is 12.3 Å². The number of carbonyl (C=O) groups excluding carboxylic acids is 3. The Kier molecular flexibility index (Phi) is 11.0. The second-order valence-electron chi connectivity index (χ2n) is 11.1. The maximum absolute atomic E-state index is 13.4. The number of sulfone groups is 1. The van der Waals surface area contributed by atoms with Gasteiger partial charge in [-0.25, -0.2) is 13.2 Å². The minimum absolute atomic E-state index is 0.00776. The Morgan fingerprint density at radius 2 is 1.72 bits per heavy atom. The van der Waals surface area contributed by atoms with Crippen molar-refractivity contribution in [1.82, 2.24) is 15.6 Å². The van der Waals surface area contributed by atoms with Crippen LogP contribution in [0, 0.1) is 11.8 Å². The second-order valence-corrected chi connectivity index (χ2v) is 13.9. The molecule has 0 saturated heterocycles. The molecule has 0 bridgehead atoms. The minimum atomic E-state index is -3.99. The van der Waals surface area contributed by atoms with E-state index in [0.717, 1.165) is 27.8 Å². The highest BCUT2D eigenvalue weighted by Crippen LogP contribution is 2.33. The van der Waals surface area contributed by atoms with Crippen molar-refractivity contribution in [3.05, 3.63) is 76.6 Å². The molecule has 0 aliphatic rings. The molecule has 0 unspecified atom stereocenters. The second kappa shape index (κ2) is 14.7. The number of hydrogen-bond donors (Lipinski definition) is 6. The SMILES string of the molecule is CC[C@@H](C)[C@H](CC(=O)[C@@H](N)Cc1c[nH]c2ccccc12)C(=O)N[C@@H](CNC(=O)c1scc(S(=O)(=O)c2ccccc2)c1N)C(=O)O. The summed E-state index contributed by atoms with van der Waals surface area (Å²) in [5.41, 5.74) is 13.8. The standard InChI is InChI=1S/C32H37N5O7S2/c1-3-18(2)22(14-26(38)23(33)13-19-15-35-24-12-8-7-11-21(19)24)30(39)37-25(32(41)42)16-36-31(40)29-28(34)27(17-45-29)46(43,44)20-9-5-4-6-10-20/h4-12,15,17-18,22-23,25,35H,3,13-14,16,33-34H2,1-2H3,(H,36,40)(H,37,39)(H,41,42)/t18-,22+,23+,25+/m1/s1. The van der Waals surface area contributed by atoms with Crippen LogP contribution < -0.4 is 22.1 Å². The molecular formula is C32H37N5O7S2. The van der Waals surface area contributed by atoms with E-state index in [2.05, 4.69) is 15.6 Å². The average molecular weight is 668 g/mol. The van der Waals surface area contributed by atoms with Crippen LogP contribution in [0.1, 0.15) is 41.9 Å². The van der Waals surface area contributed by atoms with E-state index in [-0.39, 0.29) is 44.9 Å². The van der Waals surface area contributed by atoms with Gasteiger partial charge < -0.3 is 32.2 Å². The Balaban J connectivity index is 1.40. The fourth-order valence-corrected chi connectivity index (χ4v) is 7.72. The first-order chi connectivity index (χ1) is 21.8. The third-order valence-corrected chi connectivity index (χ3v) is 11.0. The summed E-state index contributed by atoms with van der Waals surface area (Å²) in [5, 5.41) is 16.9. The summed E-state index contributed by atoms with van der Waals surface area (Å²) in [7, 11) is -3.99. The topological polar surface area (TPSA) is 215 Å². The van der Waals surface area contributed by atoms with Crippen LogP contribution in [0.25, 0.3) is 10.9 Å². The van der Waals surface area contributed by atoms with Crippen LogP contribution in [0.15, 0.2) is 76.0 Å². The molecule has 4 atom stereocenters. The molecule has 12 nitrogen and oxygen atoms in total. The molecule has 0 spiro atoms. The van der Waals surface area contributed by atoms with Crippen molar-refractivity contribution in [2.24, 2.45) is 17.6 Å². The smallest absolute Gasteiger partial charge is 0.328 e. The number of nitrogens with one attached hydrogen (secondary N) is 3. The molecule has 0 fully saturated rings. The molecule has 2 aromatic heterocycles. The monoisotopic (exact) mass is 667 g/mol. The number of aliphatic carboxylic acids is 1. The lowest BCUT2D eigenvalue weighted by molar-refractivity contribution is -0.142. The van der Waals surface area contributed by atoms with E-state index in [1.54, 1.807) is 31.3 Å². The zero-order chi connectivity index (χ0) is 33.6. The Morgan fingerprint density at radius 3 is 2.39 bits per heavy atom. The van der Waals surface area contributed by atoms with Gasteiger partial charge in [-0.15, -0.1) is 11.3 Å². The van der Waals surface area contributed by atoms with Crippen molar-refractivity contribution in [1.29, 1.82) is 0 Å². The van der Waals surface area contributed by atoms with Gasteiger partial charge in [0.05, 0.1) is 16.6 Å². The van der Waals surface area contributed by atoms with Crippen molar-refractivity contribution >= 4 is 61.3 Å². The quantitative estimate of drug-likeness (QED) is 0.110. The van der Waals surface area contributed by atoms with E-state index >= 15 is 0 Å². The molecule has 46 heavy (non-hydrogen) atoms. The highest BCUT2D eigenvalue weighted by Gasteiger charge is 2.33. The average Bonchev–Trinajstić information content (AvgIpc) is 3.64. The maximum Gasteiger partial charge on any atom is 0.328 e. The third-order valence-electron chi connectivity index (χ3n) is 8.04. The highest BCUT2D eigenvalue weighted by atomic mass is 32.2. The number of hydrogen-bond acceptors (Lipinski definition) is 9. The molecule has 14 heteroatoms. The van der Waals surface area contributed by atoms with E-state index in [9.17, 15) is 32.7 Å². The first-order valence-electron chi connectivity index (χ1n) is 14.7. The molecule has 2 heterocycles. The number of H-pyrrole nitrogens is 1. The van der Waals surface area contributed by atoms with E-state index in [0.29, 0.717) is 6.42 Å². The number of aromatic nitrogens is 1. The fraction of sp³-hybridized carbons (Fsp3) is 0.312. The summed E-state index contributed by atoms with van der Waals surface area (Å²) in [5.74, 6) is -4.33. The number of para-hydroxylation sites is 1. The van der Waals surface area contributed by atoms with Gasteiger partial charge in [-0.05, 0) is 36.1 Å². The number of aromatic amines is 1. The summed E-state index contributed by atoms with van der Waals surface area (Å²) >= 11 is 0.800. The molecule has 244 valence electrons. The van der Waals surface area contributed by atoms with E-state index in [4.69, 9.17) is 11.5 Å². The van der Waals surface area contributed by atoms with Crippen LogP contribution in [0.4, 0.5) is 5.69 Å². The summed E-state index contributed by atoms with van der Waals surface area (Å²) in [6.45, 7) is 3.13. The lowest BCUT2D eigenvalue weighted by Crippen LogP contribution is -2.51. The van der Waals surface area contributed by atoms with Gasteiger partial charge in [0.1, 0.15) is 15.8 Å². The molecule has 0 aliphatic carbocycles. The van der Waals surface area contributed by atoms with E-state index < -0.39 is 52.2 Å². The summed E-state index contributed by atoms with van der Waals surface area (Å²) in [6.07, 6.45) is 2.42. The lowest BCUT2D eigenvalue weighted by atomic mass is 9.84. The third kappa shape index (κ3) is 7.63. The lowest BCUT2D eigenvalue weighted by Gasteiger charge is -2.25. The zero-order valence-electron chi connectivity index (χ0n) is 25.4. The molecule has 8 N–H and O–H groups in total. The number of nitrogen functional groups attached to an aromatic ring is 1.